The molecule has 1 aromatic rings. The number of aliphatic hydroxyl groups excluding tert-OH is 1. The lowest BCUT2D eigenvalue weighted by Crippen LogP contribution is -2.34. The zero-order chi connectivity index (χ0) is 14.6. The van der Waals surface area contributed by atoms with Crippen molar-refractivity contribution in [2.75, 3.05) is 19.0 Å². The fraction of sp³-hybridized carbons (Fsp3) is 0.364. The molecule has 0 aliphatic carbocycles. The van der Waals surface area contributed by atoms with Gasteiger partial charge >= 0.3 is 12.1 Å². The number of esters is 1. The van der Waals surface area contributed by atoms with Gasteiger partial charge in [-0.1, -0.05) is 0 Å². The van der Waals surface area contributed by atoms with Gasteiger partial charge in [-0.3, -0.25) is 0 Å². The van der Waals surface area contributed by atoms with E-state index in [0.717, 1.165) is 13.2 Å². The zero-order valence-corrected chi connectivity index (χ0v) is 9.79. The van der Waals surface area contributed by atoms with Gasteiger partial charge in [0.25, 0.3) is 0 Å². The largest absolute Gasteiger partial charge is 0.467 e. The van der Waals surface area contributed by atoms with E-state index in [1.54, 1.807) is 0 Å². The van der Waals surface area contributed by atoms with E-state index in [0.29, 0.717) is 12.1 Å². The molecule has 0 bridgehead atoms. The van der Waals surface area contributed by atoms with Gasteiger partial charge in [0.2, 0.25) is 0 Å². The number of anilines is 1. The normalized spacial score (nSPS) is 12.9. The molecule has 0 fully saturated rings. The van der Waals surface area contributed by atoms with Gasteiger partial charge in [0.15, 0.2) is 0 Å². The molecule has 0 aliphatic heterocycles. The van der Waals surface area contributed by atoms with Gasteiger partial charge < -0.3 is 15.2 Å². The van der Waals surface area contributed by atoms with Crippen molar-refractivity contribution in [1.82, 2.24) is 0 Å². The van der Waals surface area contributed by atoms with Crippen molar-refractivity contribution in [3.63, 3.8) is 0 Å². The number of nitrogens with one attached hydrogen (secondary N) is 1. The van der Waals surface area contributed by atoms with Crippen molar-refractivity contribution >= 4 is 11.7 Å². The number of methoxy groups -OCH3 is 1. The highest BCUT2D eigenvalue weighted by Gasteiger charge is 2.31. The van der Waals surface area contributed by atoms with Crippen LogP contribution in [-0.4, -0.2) is 30.8 Å². The molecule has 0 radical (unpaired) electrons. The Balaban J connectivity index is 2.94. The molecule has 0 saturated heterocycles. The van der Waals surface area contributed by atoms with E-state index in [9.17, 15) is 22.4 Å². The zero-order valence-electron chi connectivity index (χ0n) is 9.79. The van der Waals surface area contributed by atoms with Crippen LogP contribution in [0.4, 0.5) is 23.2 Å². The van der Waals surface area contributed by atoms with Crippen LogP contribution in [0.5, 0.6) is 0 Å². The summed E-state index contributed by atoms with van der Waals surface area (Å²) in [7, 11) is 1.07. The number of halogens is 4. The lowest BCUT2D eigenvalue weighted by Gasteiger charge is -2.16. The second-order valence-electron chi connectivity index (χ2n) is 3.60. The van der Waals surface area contributed by atoms with Crippen molar-refractivity contribution < 1.29 is 32.2 Å². The summed E-state index contributed by atoms with van der Waals surface area (Å²) in [6.45, 7) is -0.687. The summed E-state index contributed by atoms with van der Waals surface area (Å²) in [6, 6.07) is 0.547. The maximum absolute atomic E-state index is 13.4. The van der Waals surface area contributed by atoms with E-state index in [1.165, 1.54) is 0 Å². The maximum Gasteiger partial charge on any atom is 0.416 e. The number of carbonyl (C=O) groups is 1. The SMILES string of the molecule is COC(=O)C(CO)Nc1ccc(C(F)(F)F)cc1F. The molecule has 1 rings (SSSR count). The van der Waals surface area contributed by atoms with Crippen LogP contribution in [0.3, 0.4) is 0 Å². The minimum Gasteiger partial charge on any atom is -0.467 e. The molecule has 0 heterocycles. The summed E-state index contributed by atoms with van der Waals surface area (Å²) in [5, 5.41) is 11.2. The quantitative estimate of drug-likeness (QED) is 0.652. The Morgan fingerprint density at radius 1 is 1.47 bits per heavy atom. The van der Waals surface area contributed by atoms with Gasteiger partial charge in [0.05, 0.1) is 25.0 Å². The minimum atomic E-state index is -4.65. The molecule has 0 amide bonds. The molecule has 1 aromatic carbocycles. The van der Waals surface area contributed by atoms with E-state index < -0.39 is 36.2 Å². The lowest BCUT2D eigenvalue weighted by atomic mass is 10.1. The van der Waals surface area contributed by atoms with E-state index in [1.807, 2.05) is 0 Å². The Hall–Kier alpha value is -1.83. The van der Waals surface area contributed by atoms with Crippen LogP contribution < -0.4 is 5.32 Å². The van der Waals surface area contributed by atoms with Gasteiger partial charge in [0, 0.05) is 0 Å². The topological polar surface area (TPSA) is 58.6 Å². The van der Waals surface area contributed by atoms with Crippen LogP contribution in [0.25, 0.3) is 0 Å². The predicted octanol–water partition coefficient (Wildman–Crippen LogP) is 1.79. The molecule has 0 aromatic heterocycles. The summed E-state index contributed by atoms with van der Waals surface area (Å²) in [4.78, 5) is 11.1. The Kier molecular flexibility index (Phi) is 4.71. The number of rotatable bonds is 4. The molecule has 8 heteroatoms. The van der Waals surface area contributed by atoms with E-state index in [-0.39, 0.29) is 5.69 Å². The highest BCUT2D eigenvalue weighted by molar-refractivity contribution is 5.79. The van der Waals surface area contributed by atoms with Crippen LogP contribution in [0.2, 0.25) is 0 Å². The monoisotopic (exact) mass is 281 g/mol. The summed E-state index contributed by atoms with van der Waals surface area (Å²) >= 11 is 0. The first kappa shape index (κ1) is 15.2. The number of benzene rings is 1. The predicted molar refractivity (Wildman–Crippen MR) is 57.9 cm³/mol. The van der Waals surface area contributed by atoms with Crippen molar-refractivity contribution in [3.05, 3.63) is 29.6 Å². The van der Waals surface area contributed by atoms with Gasteiger partial charge in [-0.05, 0) is 18.2 Å². The molecule has 0 aliphatic rings. The van der Waals surface area contributed by atoms with Crippen molar-refractivity contribution in [3.8, 4) is 0 Å². The number of ether oxygens (including phenoxy) is 1. The smallest absolute Gasteiger partial charge is 0.416 e. The molecule has 1 atom stereocenters. The molecule has 0 saturated carbocycles. The molecule has 106 valence electrons. The molecule has 2 N–H and O–H groups in total. The molecule has 1 unspecified atom stereocenters. The first-order chi connectivity index (χ1) is 8.79. The maximum atomic E-state index is 13.4. The van der Waals surface area contributed by atoms with Crippen molar-refractivity contribution in [2.24, 2.45) is 0 Å². The van der Waals surface area contributed by atoms with Gasteiger partial charge in [-0.15, -0.1) is 0 Å². The average Bonchev–Trinajstić information content (AvgIpc) is 2.35. The fourth-order valence-corrected chi connectivity index (χ4v) is 1.32. The van der Waals surface area contributed by atoms with Crippen LogP contribution in [0.1, 0.15) is 5.56 Å². The number of alkyl halides is 3. The third kappa shape index (κ3) is 3.82. The van der Waals surface area contributed by atoms with Gasteiger partial charge in [-0.2, -0.15) is 13.2 Å². The minimum absolute atomic E-state index is 0.300. The van der Waals surface area contributed by atoms with E-state index in [4.69, 9.17) is 5.11 Å². The van der Waals surface area contributed by atoms with Crippen LogP contribution >= 0.6 is 0 Å². The highest BCUT2D eigenvalue weighted by Crippen LogP contribution is 2.31. The lowest BCUT2D eigenvalue weighted by molar-refractivity contribution is -0.142. The third-order valence-corrected chi connectivity index (χ3v) is 2.29. The second-order valence-corrected chi connectivity index (χ2v) is 3.60. The van der Waals surface area contributed by atoms with Gasteiger partial charge in [-0.25, -0.2) is 9.18 Å². The highest BCUT2D eigenvalue weighted by atomic mass is 19.4. The number of hydrogen-bond donors (Lipinski definition) is 2. The summed E-state index contributed by atoms with van der Waals surface area (Å²) in [6.07, 6.45) is -4.65. The van der Waals surface area contributed by atoms with Crippen molar-refractivity contribution in [1.29, 1.82) is 0 Å². The first-order valence-electron chi connectivity index (χ1n) is 5.11. The molecule has 19 heavy (non-hydrogen) atoms. The van der Waals surface area contributed by atoms with E-state index >= 15 is 0 Å². The van der Waals surface area contributed by atoms with Crippen LogP contribution in [0.15, 0.2) is 18.2 Å². The summed E-state index contributed by atoms with van der Waals surface area (Å²) < 4.78 is 54.7. The fourth-order valence-electron chi connectivity index (χ4n) is 1.32. The summed E-state index contributed by atoms with van der Waals surface area (Å²) in [5.41, 5.74) is -1.48. The number of carbonyl (C=O) groups excluding carboxylic acids is 1. The van der Waals surface area contributed by atoms with Gasteiger partial charge in [0.1, 0.15) is 11.9 Å². The summed E-state index contributed by atoms with van der Waals surface area (Å²) in [5.74, 6) is -2.04. The Morgan fingerprint density at radius 3 is 2.53 bits per heavy atom. The van der Waals surface area contributed by atoms with Crippen LogP contribution in [-0.2, 0) is 15.7 Å². The molecular formula is C11H11F4NO3. The van der Waals surface area contributed by atoms with Crippen molar-refractivity contribution in [2.45, 2.75) is 12.2 Å². The Labute approximate surface area is 106 Å². The Bertz CT molecular complexity index is 462. The molecular weight excluding hydrogens is 270 g/mol. The second kappa shape index (κ2) is 5.87. The third-order valence-electron chi connectivity index (χ3n) is 2.29. The molecule has 0 spiro atoms. The Morgan fingerprint density at radius 2 is 2.11 bits per heavy atom. The first-order valence-corrected chi connectivity index (χ1v) is 5.11. The van der Waals surface area contributed by atoms with Crippen LogP contribution in [0, 0.1) is 5.82 Å². The molecule has 4 nitrogen and oxygen atoms in total. The standard InChI is InChI=1S/C11H11F4NO3/c1-19-10(18)9(5-17)16-8-3-2-6(4-7(8)12)11(13,14)15/h2-4,9,16-17H,5H2,1H3. The van der Waals surface area contributed by atoms with E-state index in [2.05, 4.69) is 10.1 Å². The number of aliphatic hydroxyl groups is 1. The number of hydrogen-bond acceptors (Lipinski definition) is 4. The average molecular weight is 281 g/mol.